The van der Waals surface area contributed by atoms with Gasteiger partial charge in [0.2, 0.25) is 5.91 Å². The van der Waals surface area contributed by atoms with E-state index in [0.717, 1.165) is 22.4 Å². The van der Waals surface area contributed by atoms with E-state index in [1.54, 1.807) is 43.5 Å². The van der Waals surface area contributed by atoms with Gasteiger partial charge in [-0.1, -0.05) is 57.2 Å². The zero-order chi connectivity index (χ0) is 25.3. The van der Waals surface area contributed by atoms with Gasteiger partial charge in [0.05, 0.1) is 18.2 Å². The Hall–Kier alpha value is -3.78. The Kier molecular flexibility index (Phi) is 6.84. The Balaban J connectivity index is 1.68. The molecule has 0 saturated carbocycles. The van der Waals surface area contributed by atoms with Crippen molar-refractivity contribution >= 4 is 40.0 Å². The summed E-state index contributed by atoms with van der Waals surface area (Å²) in [5, 5.41) is 4.89. The van der Waals surface area contributed by atoms with Gasteiger partial charge in [0.1, 0.15) is 16.6 Å². The molecule has 0 aliphatic carbocycles. The summed E-state index contributed by atoms with van der Waals surface area (Å²) < 4.78 is 5.01. The molecular formula is C27H26N2O5S. The number of thiophene rings is 1. The summed E-state index contributed by atoms with van der Waals surface area (Å²) in [5.74, 6) is -2.50. The molecule has 0 fully saturated rings. The minimum Gasteiger partial charge on any atom is -0.465 e. The third kappa shape index (κ3) is 4.37. The van der Waals surface area contributed by atoms with Crippen LogP contribution in [0.25, 0.3) is 11.1 Å². The maximum Gasteiger partial charge on any atom is 0.341 e. The topological polar surface area (TPSA) is 92.8 Å². The number of methoxy groups -OCH3 is 1. The molecule has 2 heterocycles. The summed E-state index contributed by atoms with van der Waals surface area (Å²) >= 11 is 1.19. The number of benzene rings is 2. The molecule has 0 radical (unpaired) electrons. The van der Waals surface area contributed by atoms with Crippen LogP contribution in [0, 0.1) is 5.92 Å². The molecule has 0 bridgehead atoms. The first-order valence-electron chi connectivity index (χ1n) is 11.3. The van der Waals surface area contributed by atoms with Crippen molar-refractivity contribution < 1.29 is 23.9 Å². The lowest BCUT2D eigenvalue weighted by Gasteiger charge is -2.28. The zero-order valence-corrected chi connectivity index (χ0v) is 20.8. The van der Waals surface area contributed by atoms with Gasteiger partial charge in [-0.3, -0.25) is 19.3 Å². The largest absolute Gasteiger partial charge is 0.465 e. The molecule has 1 N–H and O–H groups in total. The highest BCUT2D eigenvalue weighted by Crippen LogP contribution is 2.37. The highest BCUT2D eigenvalue weighted by molar-refractivity contribution is 7.15. The summed E-state index contributed by atoms with van der Waals surface area (Å²) in [5.41, 5.74) is 3.42. The number of fused-ring (bicyclic) bond motifs is 1. The van der Waals surface area contributed by atoms with Gasteiger partial charge in [0, 0.05) is 10.9 Å². The maximum atomic E-state index is 13.5. The van der Waals surface area contributed by atoms with Crippen LogP contribution in [-0.4, -0.2) is 41.7 Å². The Morgan fingerprint density at radius 3 is 2.09 bits per heavy atom. The summed E-state index contributed by atoms with van der Waals surface area (Å²) in [6.45, 7) is 5.60. The number of amides is 3. The molecule has 8 heteroatoms. The Morgan fingerprint density at radius 1 is 0.971 bits per heavy atom. The number of aryl methyl sites for hydroxylation is 1. The number of ether oxygens (including phenoxy) is 1. The van der Waals surface area contributed by atoms with Crippen molar-refractivity contribution in [2.75, 3.05) is 12.4 Å². The Bertz CT molecular complexity index is 1270. The van der Waals surface area contributed by atoms with Gasteiger partial charge < -0.3 is 10.1 Å². The molecule has 3 amide bonds. The molecule has 4 rings (SSSR count). The fourth-order valence-corrected chi connectivity index (χ4v) is 5.21. The SMILES string of the molecule is CCc1ccc(-c2csc(NC(=O)C(C(C)C)N3C(=O)c4ccccc4C3=O)c2C(=O)OC)cc1. The van der Waals surface area contributed by atoms with Crippen molar-refractivity contribution in [2.24, 2.45) is 5.92 Å². The molecule has 1 unspecified atom stereocenters. The molecule has 3 aromatic rings. The number of anilines is 1. The number of esters is 1. The molecule has 180 valence electrons. The van der Waals surface area contributed by atoms with Crippen molar-refractivity contribution in [3.05, 3.63) is 76.2 Å². The number of hydrogen-bond donors (Lipinski definition) is 1. The van der Waals surface area contributed by atoms with Crippen LogP contribution in [0.2, 0.25) is 0 Å². The lowest BCUT2D eigenvalue weighted by atomic mass is 10.0. The molecule has 0 saturated heterocycles. The van der Waals surface area contributed by atoms with Crippen LogP contribution in [0.4, 0.5) is 5.00 Å². The molecule has 2 aromatic carbocycles. The smallest absolute Gasteiger partial charge is 0.341 e. The third-order valence-corrected chi connectivity index (χ3v) is 6.99. The molecule has 1 atom stereocenters. The number of carbonyl (C=O) groups is 4. The van der Waals surface area contributed by atoms with Crippen LogP contribution < -0.4 is 5.32 Å². The van der Waals surface area contributed by atoms with Crippen LogP contribution in [-0.2, 0) is 16.0 Å². The predicted octanol–water partition coefficient (Wildman–Crippen LogP) is 5.02. The second-order valence-corrected chi connectivity index (χ2v) is 9.48. The van der Waals surface area contributed by atoms with E-state index in [9.17, 15) is 19.2 Å². The fraction of sp³-hybridized carbons (Fsp3) is 0.259. The quantitative estimate of drug-likeness (QED) is 0.371. The van der Waals surface area contributed by atoms with Crippen molar-refractivity contribution in [1.82, 2.24) is 4.90 Å². The molecule has 1 aliphatic rings. The van der Waals surface area contributed by atoms with Crippen LogP contribution in [0.3, 0.4) is 0 Å². The third-order valence-electron chi connectivity index (χ3n) is 6.09. The Labute approximate surface area is 207 Å². The molecular weight excluding hydrogens is 464 g/mol. The number of hydrogen-bond acceptors (Lipinski definition) is 6. The highest BCUT2D eigenvalue weighted by atomic mass is 32.1. The minimum absolute atomic E-state index is 0.236. The van der Waals surface area contributed by atoms with E-state index in [0.29, 0.717) is 10.6 Å². The molecule has 35 heavy (non-hydrogen) atoms. The van der Waals surface area contributed by atoms with Crippen LogP contribution >= 0.6 is 11.3 Å². The zero-order valence-electron chi connectivity index (χ0n) is 20.0. The van der Waals surface area contributed by atoms with E-state index in [-0.39, 0.29) is 22.6 Å². The lowest BCUT2D eigenvalue weighted by molar-refractivity contribution is -0.121. The standard InChI is InChI=1S/C27H26N2O5S/c1-5-16-10-12-17(13-11-16)20-14-35-24(21(20)27(33)34-4)28-23(30)22(15(2)3)29-25(31)18-8-6-7-9-19(18)26(29)32/h6-15,22H,5H2,1-4H3,(H,28,30). The van der Waals surface area contributed by atoms with Crippen molar-refractivity contribution in [3.8, 4) is 11.1 Å². The molecule has 1 aliphatic heterocycles. The molecule has 1 aromatic heterocycles. The number of nitrogens with zero attached hydrogens (tertiary/aromatic N) is 1. The maximum absolute atomic E-state index is 13.5. The van der Waals surface area contributed by atoms with E-state index in [4.69, 9.17) is 4.74 Å². The Morgan fingerprint density at radius 2 is 1.57 bits per heavy atom. The van der Waals surface area contributed by atoms with Gasteiger partial charge in [-0.2, -0.15) is 0 Å². The van der Waals surface area contributed by atoms with E-state index in [1.165, 1.54) is 18.4 Å². The van der Waals surface area contributed by atoms with Gasteiger partial charge in [0.25, 0.3) is 11.8 Å². The number of imide groups is 1. The van der Waals surface area contributed by atoms with E-state index in [2.05, 4.69) is 12.2 Å². The average Bonchev–Trinajstić information content (AvgIpc) is 3.38. The first kappa shape index (κ1) is 24.3. The molecule has 0 spiro atoms. The van der Waals surface area contributed by atoms with Crippen LogP contribution in [0.5, 0.6) is 0 Å². The first-order chi connectivity index (χ1) is 16.8. The second-order valence-electron chi connectivity index (χ2n) is 8.60. The molecule has 7 nitrogen and oxygen atoms in total. The van der Waals surface area contributed by atoms with Crippen molar-refractivity contribution in [3.63, 3.8) is 0 Å². The summed E-state index contributed by atoms with van der Waals surface area (Å²) in [6.07, 6.45) is 0.892. The van der Waals surface area contributed by atoms with Crippen molar-refractivity contribution in [1.29, 1.82) is 0 Å². The summed E-state index contributed by atoms with van der Waals surface area (Å²) in [4.78, 5) is 53.3. The minimum atomic E-state index is -1.05. The monoisotopic (exact) mass is 490 g/mol. The van der Waals surface area contributed by atoms with Gasteiger partial charge >= 0.3 is 5.97 Å². The van der Waals surface area contributed by atoms with Crippen molar-refractivity contribution in [2.45, 2.75) is 33.2 Å². The fourth-order valence-electron chi connectivity index (χ4n) is 4.25. The van der Waals surface area contributed by atoms with E-state index >= 15 is 0 Å². The number of nitrogens with one attached hydrogen (secondary N) is 1. The lowest BCUT2D eigenvalue weighted by Crippen LogP contribution is -2.50. The van der Waals surface area contributed by atoms with Crippen LogP contribution in [0.1, 0.15) is 57.4 Å². The average molecular weight is 491 g/mol. The predicted molar refractivity (Wildman–Crippen MR) is 135 cm³/mol. The summed E-state index contributed by atoms with van der Waals surface area (Å²) in [7, 11) is 1.28. The highest BCUT2D eigenvalue weighted by Gasteiger charge is 2.44. The summed E-state index contributed by atoms with van der Waals surface area (Å²) in [6, 6.07) is 13.3. The van der Waals surface area contributed by atoms with E-state index in [1.807, 2.05) is 24.3 Å². The van der Waals surface area contributed by atoms with Gasteiger partial charge in [-0.05, 0) is 35.6 Å². The number of rotatable bonds is 7. The van der Waals surface area contributed by atoms with Gasteiger partial charge in [0.15, 0.2) is 0 Å². The number of carbonyl (C=O) groups excluding carboxylic acids is 4. The van der Waals surface area contributed by atoms with E-state index < -0.39 is 29.7 Å². The van der Waals surface area contributed by atoms with Crippen LogP contribution in [0.15, 0.2) is 53.9 Å². The van der Waals surface area contributed by atoms with Gasteiger partial charge in [-0.15, -0.1) is 11.3 Å². The first-order valence-corrected chi connectivity index (χ1v) is 12.2. The second kappa shape index (κ2) is 9.84. The normalized spacial score (nSPS) is 13.7. The van der Waals surface area contributed by atoms with Gasteiger partial charge in [-0.25, -0.2) is 4.79 Å².